The van der Waals surface area contributed by atoms with Crippen LogP contribution in [0.25, 0.3) is 0 Å². The Kier molecular flexibility index (Phi) is 25.0. The zero-order chi connectivity index (χ0) is 35.4. The standard InChI is InChI=1S/C47H78N2/c1-7-13-15-16-17-18-19-20-21-22-23-24-25-26-27-28-29-30-31-33-47(49-45-37-35-41(10-4)43(12-6)39-45)46(32-14-8-2)48-44-36-34-40(9-3)42(11-5)38-44/h34-39H,7-33H2,1-6H3. The molecule has 0 N–H and O–H groups in total. The van der Waals surface area contributed by atoms with Crippen molar-refractivity contribution in [2.24, 2.45) is 9.98 Å². The van der Waals surface area contributed by atoms with E-state index in [2.05, 4.69) is 77.9 Å². The number of hydrogen-bond donors (Lipinski definition) is 0. The van der Waals surface area contributed by atoms with Crippen molar-refractivity contribution in [3.05, 3.63) is 58.7 Å². The third kappa shape index (κ3) is 18.5. The average molecular weight is 671 g/mol. The zero-order valence-electron chi connectivity index (χ0n) is 33.5. The molecule has 0 aliphatic rings. The van der Waals surface area contributed by atoms with Gasteiger partial charge in [-0.1, -0.05) is 176 Å². The lowest BCUT2D eigenvalue weighted by molar-refractivity contribution is 0.524. The molecule has 0 saturated heterocycles. The van der Waals surface area contributed by atoms with Crippen LogP contribution in [0.3, 0.4) is 0 Å². The van der Waals surface area contributed by atoms with Crippen molar-refractivity contribution >= 4 is 22.8 Å². The van der Waals surface area contributed by atoms with E-state index in [0.29, 0.717) is 0 Å². The lowest BCUT2D eigenvalue weighted by Gasteiger charge is -2.13. The number of benzene rings is 2. The molecule has 0 aromatic heterocycles. The van der Waals surface area contributed by atoms with Crippen LogP contribution in [0.2, 0.25) is 0 Å². The minimum Gasteiger partial charge on any atom is -0.252 e. The maximum absolute atomic E-state index is 5.37. The Balaban J connectivity index is 1.88. The number of aryl methyl sites for hydroxylation is 4. The highest BCUT2D eigenvalue weighted by Gasteiger charge is 2.12. The van der Waals surface area contributed by atoms with E-state index in [1.165, 1.54) is 162 Å². The first-order valence-electron chi connectivity index (χ1n) is 21.5. The van der Waals surface area contributed by atoms with Crippen LogP contribution in [0.1, 0.15) is 211 Å². The molecule has 2 aromatic carbocycles. The predicted molar refractivity (Wildman–Crippen MR) is 222 cm³/mol. The van der Waals surface area contributed by atoms with Gasteiger partial charge in [-0.3, -0.25) is 9.98 Å². The monoisotopic (exact) mass is 671 g/mol. The Bertz CT molecular complexity index is 1170. The van der Waals surface area contributed by atoms with Gasteiger partial charge in [-0.2, -0.15) is 0 Å². The van der Waals surface area contributed by atoms with Gasteiger partial charge in [-0.05, 0) is 97.9 Å². The SMILES string of the molecule is CCCCCCCCCCCCCCCCCCCCCC(=Nc1ccc(CC)c(CC)c1)C(CCCC)=Nc1ccc(CC)c(CC)c1. The summed E-state index contributed by atoms with van der Waals surface area (Å²) in [5.41, 5.74) is 10.4. The van der Waals surface area contributed by atoms with E-state index in [-0.39, 0.29) is 0 Å². The molecular weight excluding hydrogens is 593 g/mol. The molecule has 2 nitrogen and oxygen atoms in total. The summed E-state index contributed by atoms with van der Waals surface area (Å²) in [6.45, 7) is 13.6. The first-order valence-corrected chi connectivity index (χ1v) is 21.5. The maximum atomic E-state index is 5.37. The van der Waals surface area contributed by atoms with Crippen LogP contribution in [-0.2, 0) is 25.7 Å². The quantitative estimate of drug-likeness (QED) is 0.0584. The van der Waals surface area contributed by atoms with E-state index in [9.17, 15) is 0 Å². The highest BCUT2D eigenvalue weighted by molar-refractivity contribution is 6.43. The second-order valence-corrected chi connectivity index (χ2v) is 14.7. The molecule has 2 aromatic rings. The number of hydrogen-bond acceptors (Lipinski definition) is 2. The smallest absolute Gasteiger partial charge is 0.0636 e. The third-order valence-corrected chi connectivity index (χ3v) is 10.5. The molecule has 0 heterocycles. The van der Waals surface area contributed by atoms with Crippen molar-refractivity contribution in [2.75, 3.05) is 0 Å². The van der Waals surface area contributed by atoms with Crippen molar-refractivity contribution in [2.45, 2.75) is 215 Å². The summed E-state index contributed by atoms with van der Waals surface area (Å²) >= 11 is 0. The first-order chi connectivity index (χ1) is 24.1. The second kappa shape index (κ2) is 28.5. The van der Waals surface area contributed by atoms with Crippen molar-refractivity contribution in [3.63, 3.8) is 0 Å². The lowest BCUT2D eigenvalue weighted by Crippen LogP contribution is -2.14. The Morgan fingerprint density at radius 1 is 0.347 bits per heavy atom. The summed E-state index contributed by atoms with van der Waals surface area (Å²) < 4.78 is 0. The van der Waals surface area contributed by atoms with E-state index >= 15 is 0 Å². The molecule has 0 unspecified atom stereocenters. The van der Waals surface area contributed by atoms with E-state index in [1.54, 1.807) is 0 Å². The molecule has 49 heavy (non-hydrogen) atoms. The van der Waals surface area contributed by atoms with Gasteiger partial charge in [-0.15, -0.1) is 0 Å². The van der Waals surface area contributed by atoms with Crippen molar-refractivity contribution in [3.8, 4) is 0 Å². The summed E-state index contributed by atoms with van der Waals surface area (Å²) in [6.07, 6.45) is 35.4. The summed E-state index contributed by atoms with van der Waals surface area (Å²) in [6, 6.07) is 13.7. The number of unbranched alkanes of at least 4 members (excludes halogenated alkanes) is 19. The van der Waals surface area contributed by atoms with Crippen molar-refractivity contribution < 1.29 is 0 Å². The van der Waals surface area contributed by atoms with Crippen molar-refractivity contribution in [1.29, 1.82) is 0 Å². The molecule has 0 aliphatic carbocycles. The fourth-order valence-corrected chi connectivity index (χ4v) is 7.27. The lowest BCUT2D eigenvalue weighted by atomic mass is 9.99. The van der Waals surface area contributed by atoms with Crippen LogP contribution in [-0.4, -0.2) is 11.4 Å². The van der Waals surface area contributed by atoms with Gasteiger partial charge in [0.2, 0.25) is 0 Å². The largest absolute Gasteiger partial charge is 0.252 e. The summed E-state index contributed by atoms with van der Waals surface area (Å²) in [4.78, 5) is 10.7. The number of nitrogens with zero attached hydrogens (tertiary/aromatic N) is 2. The second-order valence-electron chi connectivity index (χ2n) is 14.7. The molecule has 276 valence electrons. The molecule has 0 radical (unpaired) electrons. The fourth-order valence-electron chi connectivity index (χ4n) is 7.27. The molecule has 0 atom stereocenters. The van der Waals surface area contributed by atoms with Gasteiger partial charge in [0.25, 0.3) is 0 Å². The van der Waals surface area contributed by atoms with E-state index in [0.717, 1.165) is 56.3 Å². The Labute approximate surface area is 305 Å². The highest BCUT2D eigenvalue weighted by atomic mass is 14.8. The summed E-state index contributed by atoms with van der Waals surface area (Å²) in [7, 11) is 0. The topological polar surface area (TPSA) is 24.7 Å². The van der Waals surface area contributed by atoms with Crippen LogP contribution in [0.5, 0.6) is 0 Å². The minimum absolute atomic E-state index is 0.999. The van der Waals surface area contributed by atoms with E-state index in [1.807, 2.05) is 0 Å². The minimum atomic E-state index is 0.999. The maximum Gasteiger partial charge on any atom is 0.0636 e. The molecule has 0 amide bonds. The van der Waals surface area contributed by atoms with Gasteiger partial charge >= 0.3 is 0 Å². The Morgan fingerprint density at radius 2 is 0.653 bits per heavy atom. The molecule has 0 bridgehead atoms. The van der Waals surface area contributed by atoms with Gasteiger partial charge in [0.05, 0.1) is 22.8 Å². The molecule has 0 fully saturated rings. The van der Waals surface area contributed by atoms with Gasteiger partial charge in [0, 0.05) is 0 Å². The van der Waals surface area contributed by atoms with Crippen LogP contribution in [0.4, 0.5) is 11.4 Å². The van der Waals surface area contributed by atoms with Gasteiger partial charge in [0.15, 0.2) is 0 Å². The number of rotatable bonds is 30. The highest BCUT2D eigenvalue weighted by Crippen LogP contribution is 2.25. The molecule has 0 saturated carbocycles. The van der Waals surface area contributed by atoms with Crippen LogP contribution >= 0.6 is 0 Å². The zero-order valence-corrected chi connectivity index (χ0v) is 33.5. The third-order valence-electron chi connectivity index (χ3n) is 10.5. The molecule has 0 spiro atoms. The predicted octanol–water partition coefficient (Wildman–Crippen LogP) is 15.8. The summed E-state index contributed by atoms with van der Waals surface area (Å²) in [5, 5.41) is 0. The normalized spacial score (nSPS) is 12.3. The van der Waals surface area contributed by atoms with Crippen LogP contribution in [0.15, 0.2) is 46.4 Å². The molecular formula is C47H78N2. The number of aliphatic imine (C=N–C) groups is 2. The van der Waals surface area contributed by atoms with Crippen LogP contribution < -0.4 is 0 Å². The Hall–Kier alpha value is -2.22. The van der Waals surface area contributed by atoms with Gasteiger partial charge in [0.1, 0.15) is 0 Å². The molecule has 2 heteroatoms. The van der Waals surface area contributed by atoms with E-state index < -0.39 is 0 Å². The summed E-state index contributed by atoms with van der Waals surface area (Å²) in [5.74, 6) is 0. The van der Waals surface area contributed by atoms with Gasteiger partial charge < -0.3 is 0 Å². The van der Waals surface area contributed by atoms with Crippen molar-refractivity contribution in [1.82, 2.24) is 0 Å². The molecule has 2 rings (SSSR count). The average Bonchev–Trinajstić information content (AvgIpc) is 3.13. The van der Waals surface area contributed by atoms with E-state index in [4.69, 9.17) is 9.98 Å². The Morgan fingerprint density at radius 3 is 0.980 bits per heavy atom. The van der Waals surface area contributed by atoms with Gasteiger partial charge in [-0.25, -0.2) is 0 Å². The van der Waals surface area contributed by atoms with Crippen LogP contribution in [0, 0.1) is 0 Å². The first kappa shape index (κ1) is 42.9. The fraction of sp³-hybridized carbons (Fsp3) is 0.702. The molecule has 0 aliphatic heterocycles.